The van der Waals surface area contributed by atoms with Crippen LogP contribution in [0.4, 0.5) is 0 Å². The highest BCUT2D eigenvalue weighted by Crippen LogP contribution is 2.26. The first-order valence-electron chi connectivity index (χ1n) is 5.42. The minimum Gasteiger partial charge on any atom is -0.312 e. The smallest absolute Gasteiger partial charge is 0.0175 e. The molecule has 2 unspecified atom stereocenters. The number of nitrogens with zero attached hydrogens (tertiary/aromatic N) is 1. The van der Waals surface area contributed by atoms with E-state index in [2.05, 4.69) is 28.9 Å². The Bertz CT molecular complexity index is 157. The summed E-state index contributed by atoms with van der Waals surface area (Å²) in [6, 6.07) is 0.695. The molecule has 76 valence electrons. The Kier molecular flexibility index (Phi) is 3.52. The molecule has 0 aromatic heterocycles. The van der Waals surface area contributed by atoms with Crippen LogP contribution in [0, 0.1) is 0 Å². The van der Waals surface area contributed by atoms with Crippen molar-refractivity contribution in [2.24, 2.45) is 0 Å². The molecule has 0 saturated carbocycles. The molecule has 2 fully saturated rings. The molecule has 0 radical (unpaired) electrons. The van der Waals surface area contributed by atoms with Crippen LogP contribution in [0.3, 0.4) is 0 Å². The van der Waals surface area contributed by atoms with Gasteiger partial charge in [-0.1, -0.05) is 0 Å². The van der Waals surface area contributed by atoms with Gasteiger partial charge in [0.2, 0.25) is 0 Å². The minimum atomic E-state index is 0.695. The standard InChI is InChI=1S/C10H20N2S/c1-9-7-12(5-4-11-9)8-10-3-2-6-13-10/h9-11H,2-8H2,1H3. The molecule has 2 heterocycles. The summed E-state index contributed by atoms with van der Waals surface area (Å²) in [5.74, 6) is 1.40. The Morgan fingerprint density at radius 2 is 2.46 bits per heavy atom. The molecule has 0 bridgehead atoms. The Morgan fingerprint density at radius 1 is 1.54 bits per heavy atom. The van der Waals surface area contributed by atoms with Crippen molar-refractivity contribution in [3.63, 3.8) is 0 Å². The van der Waals surface area contributed by atoms with Gasteiger partial charge in [-0.2, -0.15) is 11.8 Å². The lowest BCUT2D eigenvalue weighted by Crippen LogP contribution is -2.50. The topological polar surface area (TPSA) is 15.3 Å². The Labute approximate surface area is 85.4 Å². The molecule has 3 heteroatoms. The van der Waals surface area contributed by atoms with E-state index >= 15 is 0 Å². The summed E-state index contributed by atoms with van der Waals surface area (Å²) in [5, 5.41) is 4.42. The summed E-state index contributed by atoms with van der Waals surface area (Å²) in [7, 11) is 0. The Hall–Kier alpha value is 0.270. The lowest BCUT2D eigenvalue weighted by Gasteiger charge is -2.33. The molecule has 1 N–H and O–H groups in total. The second-order valence-corrected chi connectivity index (χ2v) is 5.66. The van der Waals surface area contributed by atoms with Crippen LogP contribution in [0.15, 0.2) is 0 Å². The lowest BCUT2D eigenvalue weighted by molar-refractivity contribution is 0.207. The van der Waals surface area contributed by atoms with E-state index in [0.29, 0.717) is 6.04 Å². The molecule has 0 aliphatic carbocycles. The van der Waals surface area contributed by atoms with E-state index in [0.717, 1.165) is 5.25 Å². The monoisotopic (exact) mass is 200 g/mol. The van der Waals surface area contributed by atoms with Crippen LogP contribution < -0.4 is 5.32 Å². The highest BCUT2D eigenvalue weighted by molar-refractivity contribution is 8.00. The van der Waals surface area contributed by atoms with E-state index < -0.39 is 0 Å². The maximum absolute atomic E-state index is 3.49. The van der Waals surface area contributed by atoms with Crippen molar-refractivity contribution in [1.29, 1.82) is 0 Å². The van der Waals surface area contributed by atoms with Gasteiger partial charge in [0.25, 0.3) is 0 Å². The molecule has 0 spiro atoms. The molecule has 0 aromatic rings. The largest absolute Gasteiger partial charge is 0.312 e. The second kappa shape index (κ2) is 4.67. The average molecular weight is 200 g/mol. The van der Waals surface area contributed by atoms with Gasteiger partial charge in [-0.15, -0.1) is 0 Å². The van der Waals surface area contributed by atoms with Gasteiger partial charge in [-0.3, -0.25) is 4.90 Å². The number of nitrogens with one attached hydrogen (secondary N) is 1. The summed E-state index contributed by atoms with van der Waals surface area (Å²) in [6.07, 6.45) is 2.89. The van der Waals surface area contributed by atoms with Crippen molar-refractivity contribution in [3.8, 4) is 0 Å². The van der Waals surface area contributed by atoms with E-state index in [1.165, 1.54) is 44.8 Å². The molecule has 0 amide bonds. The third-order valence-electron chi connectivity index (χ3n) is 2.94. The maximum atomic E-state index is 3.49. The van der Waals surface area contributed by atoms with E-state index in [9.17, 15) is 0 Å². The van der Waals surface area contributed by atoms with E-state index in [1.807, 2.05) is 0 Å². The summed E-state index contributed by atoms with van der Waals surface area (Å²) in [6.45, 7) is 7.29. The van der Waals surface area contributed by atoms with Crippen LogP contribution in [0.1, 0.15) is 19.8 Å². The molecular formula is C10H20N2S. The highest BCUT2D eigenvalue weighted by atomic mass is 32.2. The molecule has 13 heavy (non-hydrogen) atoms. The maximum Gasteiger partial charge on any atom is 0.0175 e. The number of piperazine rings is 1. The zero-order valence-corrected chi connectivity index (χ0v) is 9.28. The van der Waals surface area contributed by atoms with Gasteiger partial charge in [0.15, 0.2) is 0 Å². The van der Waals surface area contributed by atoms with Gasteiger partial charge >= 0.3 is 0 Å². The fraction of sp³-hybridized carbons (Fsp3) is 1.00. The molecule has 2 aliphatic heterocycles. The third kappa shape index (κ3) is 2.86. The van der Waals surface area contributed by atoms with Gasteiger partial charge in [0, 0.05) is 37.5 Å². The minimum absolute atomic E-state index is 0.695. The number of hydrogen-bond donors (Lipinski definition) is 1. The van der Waals surface area contributed by atoms with Crippen molar-refractivity contribution < 1.29 is 0 Å². The summed E-state index contributed by atoms with van der Waals surface area (Å²) in [4.78, 5) is 2.63. The first-order valence-corrected chi connectivity index (χ1v) is 6.47. The van der Waals surface area contributed by atoms with E-state index in [1.54, 1.807) is 0 Å². The van der Waals surface area contributed by atoms with Crippen molar-refractivity contribution in [2.45, 2.75) is 31.1 Å². The van der Waals surface area contributed by atoms with Gasteiger partial charge in [-0.05, 0) is 25.5 Å². The fourth-order valence-electron chi connectivity index (χ4n) is 2.25. The first-order chi connectivity index (χ1) is 6.34. The Morgan fingerprint density at radius 3 is 3.15 bits per heavy atom. The van der Waals surface area contributed by atoms with E-state index in [-0.39, 0.29) is 0 Å². The highest BCUT2D eigenvalue weighted by Gasteiger charge is 2.21. The van der Waals surface area contributed by atoms with Crippen molar-refractivity contribution >= 4 is 11.8 Å². The average Bonchev–Trinajstić information content (AvgIpc) is 2.57. The van der Waals surface area contributed by atoms with Crippen LogP contribution in [-0.4, -0.2) is 48.1 Å². The van der Waals surface area contributed by atoms with Gasteiger partial charge in [0.05, 0.1) is 0 Å². The predicted octanol–water partition coefficient (Wildman–Crippen LogP) is 1.18. The number of rotatable bonds is 2. The third-order valence-corrected chi connectivity index (χ3v) is 4.32. The van der Waals surface area contributed by atoms with Crippen molar-refractivity contribution in [2.75, 3.05) is 31.9 Å². The fourth-order valence-corrected chi connectivity index (χ4v) is 3.57. The van der Waals surface area contributed by atoms with Crippen LogP contribution in [0.25, 0.3) is 0 Å². The normalized spacial score (nSPS) is 36.7. The molecule has 2 saturated heterocycles. The first kappa shape index (κ1) is 9.81. The lowest BCUT2D eigenvalue weighted by atomic mass is 10.2. The van der Waals surface area contributed by atoms with Crippen LogP contribution in [-0.2, 0) is 0 Å². The zero-order valence-electron chi connectivity index (χ0n) is 8.46. The van der Waals surface area contributed by atoms with E-state index in [4.69, 9.17) is 0 Å². The molecule has 2 atom stereocenters. The van der Waals surface area contributed by atoms with Crippen LogP contribution >= 0.6 is 11.8 Å². The predicted molar refractivity (Wildman–Crippen MR) is 59.4 cm³/mol. The summed E-state index contributed by atoms with van der Waals surface area (Å²) < 4.78 is 0. The van der Waals surface area contributed by atoms with Gasteiger partial charge < -0.3 is 5.32 Å². The second-order valence-electron chi connectivity index (χ2n) is 4.25. The van der Waals surface area contributed by atoms with Crippen molar-refractivity contribution in [1.82, 2.24) is 10.2 Å². The van der Waals surface area contributed by atoms with Gasteiger partial charge in [-0.25, -0.2) is 0 Å². The zero-order chi connectivity index (χ0) is 9.10. The van der Waals surface area contributed by atoms with Crippen molar-refractivity contribution in [3.05, 3.63) is 0 Å². The molecular weight excluding hydrogens is 180 g/mol. The quantitative estimate of drug-likeness (QED) is 0.720. The van der Waals surface area contributed by atoms with Crippen LogP contribution in [0.2, 0.25) is 0 Å². The molecule has 2 rings (SSSR count). The number of hydrogen-bond acceptors (Lipinski definition) is 3. The summed E-state index contributed by atoms with van der Waals surface area (Å²) in [5.41, 5.74) is 0. The molecule has 0 aromatic carbocycles. The Balaban J connectivity index is 1.73. The van der Waals surface area contributed by atoms with Gasteiger partial charge in [0.1, 0.15) is 0 Å². The van der Waals surface area contributed by atoms with Crippen LogP contribution in [0.5, 0.6) is 0 Å². The number of thioether (sulfide) groups is 1. The SMILES string of the molecule is CC1CN(CC2CCCS2)CCN1. The summed E-state index contributed by atoms with van der Waals surface area (Å²) >= 11 is 2.18. The molecule has 2 nitrogen and oxygen atoms in total. The molecule has 2 aliphatic rings.